The highest BCUT2D eigenvalue weighted by Crippen LogP contribution is 2.32. The minimum atomic E-state index is -0.204. The molecule has 0 N–H and O–H groups in total. The maximum atomic E-state index is 12.7. The summed E-state index contributed by atoms with van der Waals surface area (Å²) in [6.45, 7) is 0.668. The Balaban J connectivity index is 1.62. The second kappa shape index (κ2) is 6.27. The molecule has 24 heavy (non-hydrogen) atoms. The first kappa shape index (κ1) is 14.6. The summed E-state index contributed by atoms with van der Waals surface area (Å²) in [5, 5.41) is 4.05. The van der Waals surface area contributed by atoms with Crippen molar-refractivity contribution in [2.45, 2.75) is 25.3 Å². The standard InChI is InChI=1S/C17H16N4O3/c22-17(13-6-10-23-11-13)21-9-2-1-3-14(21)16-19-15(20-24-16)12-4-7-18-8-5-12/h4-8,10-11,14H,1-3,9H2/t14-/m1/s1. The van der Waals surface area contributed by atoms with E-state index in [0.717, 1.165) is 24.8 Å². The van der Waals surface area contributed by atoms with Gasteiger partial charge in [-0.3, -0.25) is 9.78 Å². The maximum absolute atomic E-state index is 12.7. The third kappa shape index (κ3) is 2.68. The van der Waals surface area contributed by atoms with Crippen LogP contribution in [0.3, 0.4) is 0 Å². The molecule has 1 aliphatic heterocycles. The minimum absolute atomic E-state index is 0.0721. The van der Waals surface area contributed by atoms with Gasteiger partial charge >= 0.3 is 0 Å². The van der Waals surface area contributed by atoms with Crippen LogP contribution in [0, 0.1) is 0 Å². The number of carbonyl (C=O) groups is 1. The Labute approximate surface area is 138 Å². The van der Waals surface area contributed by atoms with E-state index in [4.69, 9.17) is 8.94 Å². The van der Waals surface area contributed by atoms with E-state index in [0.29, 0.717) is 23.8 Å². The van der Waals surface area contributed by atoms with Gasteiger partial charge in [-0.2, -0.15) is 4.98 Å². The van der Waals surface area contributed by atoms with Gasteiger partial charge in [0.25, 0.3) is 5.91 Å². The lowest BCUT2D eigenvalue weighted by Crippen LogP contribution is -2.38. The number of pyridine rings is 1. The van der Waals surface area contributed by atoms with Crippen molar-refractivity contribution < 1.29 is 13.7 Å². The molecule has 4 rings (SSSR count). The van der Waals surface area contributed by atoms with E-state index in [1.807, 2.05) is 12.1 Å². The van der Waals surface area contributed by atoms with E-state index < -0.39 is 0 Å². The highest BCUT2D eigenvalue weighted by atomic mass is 16.5. The number of carbonyl (C=O) groups excluding carboxylic acids is 1. The fraction of sp³-hybridized carbons (Fsp3) is 0.294. The normalized spacial score (nSPS) is 17.8. The topological polar surface area (TPSA) is 85.3 Å². The molecule has 1 saturated heterocycles. The second-order valence-corrected chi connectivity index (χ2v) is 5.71. The van der Waals surface area contributed by atoms with Gasteiger partial charge in [0.15, 0.2) is 0 Å². The summed E-state index contributed by atoms with van der Waals surface area (Å²) < 4.78 is 10.5. The van der Waals surface area contributed by atoms with E-state index >= 15 is 0 Å². The Morgan fingerprint density at radius 2 is 2.08 bits per heavy atom. The molecule has 0 spiro atoms. The monoisotopic (exact) mass is 324 g/mol. The number of hydrogen-bond donors (Lipinski definition) is 0. The van der Waals surface area contributed by atoms with Gasteiger partial charge in [-0.15, -0.1) is 0 Å². The third-order valence-electron chi connectivity index (χ3n) is 4.20. The van der Waals surface area contributed by atoms with Crippen LogP contribution in [0.4, 0.5) is 0 Å². The summed E-state index contributed by atoms with van der Waals surface area (Å²) in [7, 11) is 0. The summed E-state index contributed by atoms with van der Waals surface area (Å²) in [6.07, 6.45) is 9.12. The third-order valence-corrected chi connectivity index (χ3v) is 4.20. The number of amides is 1. The number of piperidine rings is 1. The van der Waals surface area contributed by atoms with Crippen molar-refractivity contribution in [3.63, 3.8) is 0 Å². The number of hydrogen-bond acceptors (Lipinski definition) is 6. The molecular weight excluding hydrogens is 308 g/mol. The molecule has 3 aromatic rings. The van der Waals surface area contributed by atoms with Crippen LogP contribution in [-0.4, -0.2) is 32.5 Å². The SMILES string of the molecule is O=C(c1ccoc1)N1CCCC[C@@H]1c1nc(-c2ccncc2)no1. The van der Waals surface area contributed by atoms with Gasteiger partial charge in [-0.1, -0.05) is 5.16 Å². The summed E-state index contributed by atoms with van der Waals surface area (Å²) in [5.74, 6) is 0.907. The molecule has 1 amide bonds. The van der Waals surface area contributed by atoms with Gasteiger partial charge in [0.2, 0.25) is 11.7 Å². The molecule has 7 nitrogen and oxygen atoms in total. The van der Waals surface area contributed by atoms with Crippen LogP contribution in [0.1, 0.15) is 41.6 Å². The molecule has 0 bridgehead atoms. The number of aromatic nitrogens is 3. The van der Waals surface area contributed by atoms with Crippen LogP contribution in [-0.2, 0) is 0 Å². The molecule has 1 atom stereocenters. The summed E-state index contributed by atoms with van der Waals surface area (Å²) in [4.78, 5) is 23.0. The number of likely N-dealkylation sites (tertiary alicyclic amines) is 1. The smallest absolute Gasteiger partial charge is 0.257 e. The summed E-state index contributed by atoms with van der Waals surface area (Å²) in [6, 6.07) is 5.11. The van der Waals surface area contributed by atoms with E-state index in [2.05, 4.69) is 15.1 Å². The average molecular weight is 324 g/mol. The van der Waals surface area contributed by atoms with Gasteiger partial charge < -0.3 is 13.8 Å². The Morgan fingerprint density at radius 1 is 1.21 bits per heavy atom. The van der Waals surface area contributed by atoms with E-state index in [9.17, 15) is 4.79 Å². The predicted octanol–water partition coefficient (Wildman–Crippen LogP) is 3.09. The first-order valence-electron chi connectivity index (χ1n) is 7.90. The number of nitrogens with zero attached hydrogens (tertiary/aromatic N) is 4. The molecule has 4 heterocycles. The van der Waals surface area contributed by atoms with E-state index in [1.54, 1.807) is 23.4 Å². The fourth-order valence-corrected chi connectivity index (χ4v) is 2.97. The molecule has 0 aliphatic carbocycles. The van der Waals surface area contributed by atoms with Crippen LogP contribution in [0.2, 0.25) is 0 Å². The van der Waals surface area contributed by atoms with Crippen LogP contribution in [0.25, 0.3) is 11.4 Å². The zero-order valence-electron chi connectivity index (χ0n) is 13.0. The van der Waals surface area contributed by atoms with Crippen molar-refractivity contribution in [2.24, 2.45) is 0 Å². The van der Waals surface area contributed by atoms with Crippen molar-refractivity contribution in [3.8, 4) is 11.4 Å². The Morgan fingerprint density at radius 3 is 2.88 bits per heavy atom. The van der Waals surface area contributed by atoms with Gasteiger partial charge in [0, 0.05) is 24.5 Å². The van der Waals surface area contributed by atoms with Crippen molar-refractivity contribution >= 4 is 5.91 Å². The highest BCUT2D eigenvalue weighted by Gasteiger charge is 2.33. The molecule has 0 saturated carbocycles. The van der Waals surface area contributed by atoms with Crippen LogP contribution in [0.5, 0.6) is 0 Å². The Kier molecular flexibility index (Phi) is 3.82. The number of furan rings is 1. The van der Waals surface area contributed by atoms with E-state index in [-0.39, 0.29) is 11.9 Å². The highest BCUT2D eigenvalue weighted by molar-refractivity contribution is 5.94. The average Bonchev–Trinajstić information content (AvgIpc) is 3.34. The Hall–Kier alpha value is -2.96. The zero-order valence-corrected chi connectivity index (χ0v) is 13.0. The molecule has 3 aromatic heterocycles. The first-order chi connectivity index (χ1) is 11.8. The maximum Gasteiger partial charge on any atom is 0.257 e. The van der Waals surface area contributed by atoms with Gasteiger partial charge in [-0.05, 0) is 37.5 Å². The zero-order chi connectivity index (χ0) is 16.4. The van der Waals surface area contributed by atoms with Crippen LogP contribution in [0.15, 0.2) is 52.1 Å². The number of rotatable bonds is 3. The van der Waals surface area contributed by atoms with Gasteiger partial charge in [-0.25, -0.2) is 0 Å². The molecule has 122 valence electrons. The Bertz CT molecular complexity index is 814. The van der Waals surface area contributed by atoms with Crippen molar-refractivity contribution in [1.82, 2.24) is 20.0 Å². The van der Waals surface area contributed by atoms with Crippen LogP contribution < -0.4 is 0 Å². The molecule has 0 aromatic carbocycles. The largest absolute Gasteiger partial charge is 0.472 e. The van der Waals surface area contributed by atoms with Gasteiger partial charge in [0.1, 0.15) is 12.3 Å². The summed E-state index contributed by atoms with van der Waals surface area (Å²) >= 11 is 0. The van der Waals surface area contributed by atoms with Crippen molar-refractivity contribution in [1.29, 1.82) is 0 Å². The fourth-order valence-electron chi connectivity index (χ4n) is 2.97. The molecule has 0 radical (unpaired) electrons. The molecule has 1 fully saturated rings. The van der Waals surface area contributed by atoms with Crippen LogP contribution >= 0.6 is 0 Å². The molecular formula is C17H16N4O3. The van der Waals surface area contributed by atoms with Crippen molar-refractivity contribution in [2.75, 3.05) is 6.54 Å². The lowest BCUT2D eigenvalue weighted by Gasteiger charge is -2.33. The first-order valence-corrected chi connectivity index (χ1v) is 7.90. The van der Waals surface area contributed by atoms with Gasteiger partial charge in [0.05, 0.1) is 11.8 Å². The molecule has 7 heteroatoms. The molecule has 1 aliphatic rings. The minimum Gasteiger partial charge on any atom is -0.472 e. The molecule has 0 unspecified atom stereocenters. The lowest BCUT2D eigenvalue weighted by atomic mass is 10.0. The quantitative estimate of drug-likeness (QED) is 0.736. The predicted molar refractivity (Wildman–Crippen MR) is 83.9 cm³/mol. The summed E-state index contributed by atoms with van der Waals surface area (Å²) in [5.41, 5.74) is 1.37. The van der Waals surface area contributed by atoms with E-state index in [1.165, 1.54) is 12.5 Å². The van der Waals surface area contributed by atoms with Crippen molar-refractivity contribution in [3.05, 3.63) is 54.6 Å². The lowest BCUT2D eigenvalue weighted by molar-refractivity contribution is 0.0560. The second-order valence-electron chi connectivity index (χ2n) is 5.71.